The molecular formula is C24H28N4O5. The van der Waals surface area contributed by atoms with Crippen molar-refractivity contribution in [2.45, 2.75) is 32.3 Å². The van der Waals surface area contributed by atoms with E-state index in [0.29, 0.717) is 30.2 Å². The predicted molar refractivity (Wildman–Crippen MR) is 124 cm³/mol. The van der Waals surface area contributed by atoms with Gasteiger partial charge in [0.15, 0.2) is 6.61 Å². The SMILES string of the molecule is CCc1ccc(NC(=O)COc2cccc(/C=N\NC(=O)C(=O)NC[C@H]3CCCO3)c2)cc1. The summed E-state index contributed by atoms with van der Waals surface area (Å²) >= 11 is 0. The number of nitrogens with zero attached hydrogens (tertiary/aromatic N) is 1. The Labute approximate surface area is 192 Å². The molecule has 1 aliphatic rings. The highest BCUT2D eigenvalue weighted by atomic mass is 16.5. The molecule has 1 saturated heterocycles. The standard InChI is InChI=1S/C24H28N4O5/c1-2-17-8-10-19(11-9-17)27-22(29)16-33-20-6-3-5-18(13-20)14-26-28-24(31)23(30)25-15-21-7-4-12-32-21/h3,5-6,8-11,13-14,21H,2,4,7,12,15-16H2,1H3,(H,25,30)(H,27,29)(H,28,31)/b26-14-/t21-/m1/s1. The Morgan fingerprint density at radius 2 is 1.97 bits per heavy atom. The van der Waals surface area contributed by atoms with Gasteiger partial charge < -0.3 is 20.1 Å². The first-order valence-corrected chi connectivity index (χ1v) is 10.9. The van der Waals surface area contributed by atoms with Crippen molar-refractivity contribution in [3.8, 4) is 5.75 Å². The number of nitrogens with one attached hydrogen (secondary N) is 3. The van der Waals surface area contributed by atoms with E-state index in [2.05, 4.69) is 28.1 Å². The fourth-order valence-corrected chi connectivity index (χ4v) is 3.16. The molecule has 9 nitrogen and oxygen atoms in total. The molecule has 3 rings (SSSR count). The summed E-state index contributed by atoms with van der Waals surface area (Å²) in [5.41, 5.74) is 4.71. The fraction of sp³-hybridized carbons (Fsp3) is 0.333. The maximum Gasteiger partial charge on any atom is 0.329 e. The Morgan fingerprint density at radius 1 is 1.15 bits per heavy atom. The molecule has 33 heavy (non-hydrogen) atoms. The lowest BCUT2D eigenvalue weighted by atomic mass is 10.1. The maximum atomic E-state index is 12.1. The van der Waals surface area contributed by atoms with Gasteiger partial charge in [0.05, 0.1) is 12.3 Å². The molecular weight excluding hydrogens is 424 g/mol. The van der Waals surface area contributed by atoms with Gasteiger partial charge in [-0.15, -0.1) is 0 Å². The van der Waals surface area contributed by atoms with Crippen LogP contribution in [-0.2, 0) is 25.5 Å². The second kappa shape index (κ2) is 12.4. The van der Waals surface area contributed by atoms with Gasteiger partial charge in [0.2, 0.25) is 0 Å². The first-order chi connectivity index (χ1) is 16.0. The number of hydrogen-bond donors (Lipinski definition) is 3. The molecule has 0 saturated carbocycles. The van der Waals surface area contributed by atoms with Gasteiger partial charge >= 0.3 is 11.8 Å². The number of amides is 3. The van der Waals surface area contributed by atoms with Crippen LogP contribution in [0.4, 0.5) is 5.69 Å². The minimum Gasteiger partial charge on any atom is -0.484 e. The van der Waals surface area contributed by atoms with Crippen LogP contribution in [0.15, 0.2) is 53.6 Å². The third-order valence-corrected chi connectivity index (χ3v) is 4.97. The zero-order valence-corrected chi connectivity index (χ0v) is 18.5. The minimum absolute atomic E-state index is 0.0447. The molecule has 0 bridgehead atoms. The summed E-state index contributed by atoms with van der Waals surface area (Å²) in [6.07, 6.45) is 4.09. The van der Waals surface area contributed by atoms with Crippen molar-refractivity contribution in [1.29, 1.82) is 0 Å². The van der Waals surface area contributed by atoms with Crippen LogP contribution in [0.25, 0.3) is 0 Å². The smallest absolute Gasteiger partial charge is 0.329 e. The van der Waals surface area contributed by atoms with Gasteiger partial charge in [-0.25, -0.2) is 5.43 Å². The van der Waals surface area contributed by atoms with Gasteiger partial charge in [0.25, 0.3) is 5.91 Å². The molecule has 0 unspecified atom stereocenters. The fourth-order valence-electron chi connectivity index (χ4n) is 3.16. The van der Waals surface area contributed by atoms with E-state index in [1.165, 1.54) is 11.8 Å². The monoisotopic (exact) mass is 452 g/mol. The number of benzene rings is 2. The van der Waals surface area contributed by atoms with Crippen LogP contribution in [0.5, 0.6) is 5.75 Å². The Kier molecular flexibility index (Phi) is 8.96. The number of rotatable bonds is 9. The highest BCUT2D eigenvalue weighted by Gasteiger charge is 2.18. The molecule has 2 aromatic carbocycles. The number of carbonyl (C=O) groups excluding carboxylic acids is 3. The van der Waals surface area contributed by atoms with Crippen molar-refractivity contribution in [2.24, 2.45) is 5.10 Å². The molecule has 1 heterocycles. The van der Waals surface area contributed by atoms with E-state index in [1.807, 2.05) is 24.3 Å². The molecule has 1 fully saturated rings. The second-order valence-corrected chi connectivity index (χ2v) is 7.50. The second-order valence-electron chi connectivity index (χ2n) is 7.50. The van der Waals surface area contributed by atoms with Crippen molar-refractivity contribution in [3.05, 3.63) is 59.7 Å². The Morgan fingerprint density at radius 3 is 2.70 bits per heavy atom. The Balaban J connectivity index is 1.41. The van der Waals surface area contributed by atoms with E-state index in [-0.39, 0.29) is 18.6 Å². The normalized spacial score (nSPS) is 15.2. The number of carbonyl (C=O) groups is 3. The topological polar surface area (TPSA) is 118 Å². The molecule has 0 aromatic heterocycles. The minimum atomic E-state index is -0.861. The van der Waals surface area contributed by atoms with Crippen molar-refractivity contribution >= 4 is 29.6 Å². The summed E-state index contributed by atoms with van der Waals surface area (Å²) in [5, 5.41) is 9.10. The van der Waals surface area contributed by atoms with Crippen LogP contribution >= 0.6 is 0 Å². The van der Waals surface area contributed by atoms with E-state index in [0.717, 1.165) is 19.3 Å². The van der Waals surface area contributed by atoms with Gasteiger partial charge in [-0.2, -0.15) is 5.10 Å². The first-order valence-electron chi connectivity index (χ1n) is 10.9. The van der Waals surface area contributed by atoms with Crippen LogP contribution in [0, 0.1) is 0 Å². The number of hydrogen-bond acceptors (Lipinski definition) is 6. The van der Waals surface area contributed by atoms with Crippen molar-refractivity contribution in [1.82, 2.24) is 10.7 Å². The largest absolute Gasteiger partial charge is 0.484 e. The zero-order chi connectivity index (χ0) is 23.5. The predicted octanol–water partition coefficient (Wildman–Crippen LogP) is 2.01. The van der Waals surface area contributed by atoms with Crippen LogP contribution in [-0.4, -0.2) is 49.8 Å². The quantitative estimate of drug-likeness (QED) is 0.306. The molecule has 0 spiro atoms. The maximum absolute atomic E-state index is 12.1. The molecule has 1 atom stereocenters. The molecule has 174 valence electrons. The van der Waals surface area contributed by atoms with Crippen LogP contribution < -0.4 is 20.8 Å². The molecule has 3 amide bonds. The average Bonchev–Trinajstić information content (AvgIpc) is 3.36. The third-order valence-electron chi connectivity index (χ3n) is 4.97. The molecule has 3 N–H and O–H groups in total. The highest BCUT2D eigenvalue weighted by Crippen LogP contribution is 2.13. The van der Waals surface area contributed by atoms with E-state index in [9.17, 15) is 14.4 Å². The summed E-state index contributed by atoms with van der Waals surface area (Å²) in [5.74, 6) is -1.44. The number of anilines is 1. The van der Waals surface area contributed by atoms with E-state index >= 15 is 0 Å². The molecule has 0 radical (unpaired) electrons. The van der Waals surface area contributed by atoms with Crippen molar-refractivity contribution < 1.29 is 23.9 Å². The number of hydrazone groups is 1. The lowest BCUT2D eigenvalue weighted by Gasteiger charge is -2.09. The van der Waals surface area contributed by atoms with E-state index < -0.39 is 11.8 Å². The lowest BCUT2D eigenvalue weighted by molar-refractivity contribution is -0.139. The summed E-state index contributed by atoms with van der Waals surface area (Å²) in [7, 11) is 0. The molecule has 9 heteroatoms. The number of aryl methyl sites for hydroxylation is 1. The summed E-state index contributed by atoms with van der Waals surface area (Å²) < 4.78 is 10.9. The van der Waals surface area contributed by atoms with Crippen molar-refractivity contribution in [2.75, 3.05) is 25.1 Å². The Bertz CT molecular complexity index is 985. The summed E-state index contributed by atoms with van der Waals surface area (Å²) in [6, 6.07) is 14.5. The summed E-state index contributed by atoms with van der Waals surface area (Å²) in [4.78, 5) is 35.7. The lowest BCUT2D eigenvalue weighted by Crippen LogP contribution is -2.41. The zero-order valence-electron chi connectivity index (χ0n) is 18.5. The summed E-state index contributed by atoms with van der Waals surface area (Å²) in [6.45, 7) is 2.89. The Hall–Kier alpha value is -3.72. The first kappa shape index (κ1) is 23.9. The van der Waals surface area contributed by atoms with Gasteiger partial charge in [0.1, 0.15) is 5.75 Å². The van der Waals surface area contributed by atoms with Gasteiger partial charge in [-0.3, -0.25) is 14.4 Å². The van der Waals surface area contributed by atoms with Gasteiger partial charge in [-0.05, 0) is 54.7 Å². The van der Waals surface area contributed by atoms with Crippen LogP contribution in [0.1, 0.15) is 30.9 Å². The van der Waals surface area contributed by atoms with Crippen LogP contribution in [0.2, 0.25) is 0 Å². The van der Waals surface area contributed by atoms with E-state index in [4.69, 9.17) is 9.47 Å². The van der Waals surface area contributed by atoms with Crippen LogP contribution in [0.3, 0.4) is 0 Å². The molecule has 2 aromatic rings. The highest BCUT2D eigenvalue weighted by molar-refractivity contribution is 6.35. The van der Waals surface area contributed by atoms with Gasteiger partial charge in [-0.1, -0.05) is 31.2 Å². The van der Waals surface area contributed by atoms with Crippen molar-refractivity contribution in [3.63, 3.8) is 0 Å². The molecule has 1 aliphatic heterocycles. The third kappa shape index (κ3) is 8.04. The average molecular weight is 453 g/mol. The van der Waals surface area contributed by atoms with Gasteiger partial charge in [0, 0.05) is 18.8 Å². The molecule has 0 aliphatic carbocycles. The number of ether oxygens (including phenoxy) is 2. The van der Waals surface area contributed by atoms with E-state index in [1.54, 1.807) is 24.3 Å².